The van der Waals surface area contributed by atoms with E-state index in [2.05, 4.69) is 15.0 Å². The van der Waals surface area contributed by atoms with E-state index in [1.165, 1.54) is 6.33 Å². The monoisotopic (exact) mass is 237 g/mol. The van der Waals surface area contributed by atoms with Crippen LogP contribution in [0.4, 0.5) is 0 Å². The molecule has 88 valence electrons. The van der Waals surface area contributed by atoms with Crippen LogP contribution in [-0.2, 0) is 0 Å². The topological polar surface area (TPSA) is 58.6 Å². The summed E-state index contributed by atoms with van der Waals surface area (Å²) in [5.41, 5.74) is 2.06. The highest BCUT2D eigenvalue weighted by Gasteiger charge is 2.09. The molecule has 0 aliphatic heterocycles. The molecule has 0 saturated carbocycles. The van der Waals surface area contributed by atoms with E-state index in [0.29, 0.717) is 11.3 Å². The lowest BCUT2D eigenvalue weighted by molar-refractivity contribution is 1.08. The standard InChI is InChI=1S/C14H11N3O/c1-9-13(16-8-17-14(9)18)12-7-15-6-10-4-2-3-5-11(10)12/h2-8H,1H3,(H,16,17,18). The van der Waals surface area contributed by atoms with Crippen molar-refractivity contribution < 1.29 is 0 Å². The number of aromatic amines is 1. The summed E-state index contributed by atoms with van der Waals surface area (Å²) in [6, 6.07) is 7.93. The van der Waals surface area contributed by atoms with Gasteiger partial charge in [-0.2, -0.15) is 0 Å². The van der Waals surface area contributed by atoms with Gasteiger partial charge in [0.05, 0.1) is 12.0 Å². The Kier molecular flexibility index (Phi) is 2.41. The number of fused-ring (bicyclic) bond motifs is 1. The summed E-state index contributed by atoms with van der Waals surface area (Å²) in [7, 11) is 0. The maximum Gasteiger partial charge on any atom is 0.254 e. The predicted molar refractivity (Wildman–Crippen MR) is 70.3 cm³/mol. The van der Waals surface area contributed by atoms with Crippen LogP contribution in [-0.4, -0.2) is 15.0 Å². The molecule has 3 aromatic rings. The molecule has 1 aromatic carbocycles. The molecule has 0 amide bonds. The summed E-state index contributed by atoms with van der Waals surface area (Å²) in [6.07, 6.45) is 4.98. The van der Waals surface area contributed by atoms with Crippen molar-refractivity contribution in [3.05, 3.63) is 58.9 Å². The van der Waals surface area contributed by atoms with Crippen LogP contribution in [0.15, 0.2) is 47.8 Å². The first kappa shape index (κ1) is 10.7. The third-order valence-electron chi connectivity index (χ3n) is 3.01. The molecule has 2 heterocycles. The summed E-state index contributed by atoms with van der Waals surface area (Å²) in [5.74, 6) is 0. The number of nitrogens with zero attached hydrogens (tertiary/aromatic N) is 2. The van der Waals surface area contributed by atoms with E-state index in [9.17, 15) is 4.79 Å². The highest BCUT2D eigenvalue weighted by atomic mass is 16.1. The normalized spacial score (nSPS) is 10.7. The number of hydrogen-bond acceptors (Lipinski definition) is 3. The third-order valence-corrected chi connectivity index (χ3v) is 3.01. The van der Waals surface area contributed by atoms with Crippen LogP contribution < -0.4 is 5.56 Å². The van der Waals surface area contributed by atoms with E-state index < -0.39 is 0 Å². The van der Waals surface area contributed by atoms with Crippen molar-refractivity contribution >= 4 is 10.8 Å². The number of pyridine rings is 1. The zero-order chi connectivity index (χ0) is 12.5. The second-order valence-corrected chi connectivity index (χ2v) is 4.11. The van der Waals surface area contributed by atoms with Gasteiger partial charge in [0.25, 0.3) is 5.56 Å². The Bertz CT molecular complexity index is 772. The van der Waals surface area contributed by atoms with Crippen molar-refractivity contribution in [3.63, 3.8) is 0 Å². The number of aromatic nitrogens is 3. The van der Waals surface area contributed by atoms with Gasteiger partial charge in [-0.15, -0.1) is 0 Å². The molecule has 4 heteroatoms. The Balaban J connectivity index is 2.39. The second-order valence-electron chi connectivity index (χ2n) is 4.11. The Morgan fingerprint density at radius 3 is 2.89 bits per heavy atom. The van der Waals surface area contributed by atoms with E-state index in [4.69, 9.17) is 0 Å². The van der Waals surface area contributed by atoms with Crippen molar-refractivity contribution in [2.45, 2.75) is 6.92 Å². The molecule has 0 aliphatic carbocycles. The lowest BCUT2D eigenvalue weighted by Crippen LogP contribution is -2.11. The SMILES string of the molecule is Cc1c(-c2cncc3ccccc23)nc[nH]c1=O. The van der Waals surface area contributed by atoms with Gasteiger partial charge in [-0.05, 0) is 12.3 Å². The lowest BCUT2D eigenvalue weighted by Gasteiger charge is -2.06. The van der Waals surface area contributed by atoms with Crippen molar-refractivity contribution in [1.29, 1.82) is 0 Å². The minimum absolute atomic E-state index is 0.118. The smallest absolute Gasteiger partial charge is 0.254 e. The summed E-state index contributed by atoms with van der Waals surface area (Å²) < 4.78 is 0. The molecule has 0 radical (unpaired) electrons. The molecule has 0 bridgehead atoms. The fourth-order valence-corrected chi connectivity index (χ4v) is 2.04. The minimum Gasteiger partial charge on any atom is -0.313 e. The van der Waals surface area contributed by atoms with Crippen molar-refractivity contribution in [3.8, 4) is 11.3 Å². The van der Waals surface area contributed by atoms with Crippen molar-refractivity contribution in [1.82, 2.24) is 15.0 Å². The molecular weight excluding hydrogens is 226 g/mol. The van der Waals surface area contributed by atoms with Gasteiger partial charge >= 0.3 is 0 Å². The highest BCUT2D eigenvalue weighted by molar-refractivity contribution is 5.95. The minimum atomic E-state index is -0.118. The average molecular weight is 237 g/mol. The number of nitrogens with one attached hydrogen (secondary N) is 1. The molecule has 0 spiro atoms. The average Bonchev–Trinajstić information content (AvgIpc) is 2.41. The van der Waals surface area contributed by atoms with E-state index in [-0.39, 0.29) is 5.56 Å². The zero-order valence-corrected chi connectivity index (χ0v) is 9.84. The summed E-state index contributed by atoms with van der Waals surface area (Å²) >= 11 is 0. The molecular formula is C14H11N3O. The number of H-pyrrole nitrogens is 1. The fourth-order valence-electron chi connectivity index (χ4n) is 2.04. The van der Waals surface area contributed by atoms with Crippen molar-refractivity contribution in [2.24, 2.45) is 0 Å². The fraction of sp³-hybridized carbons (Fsp3) is 0.0714. The first-order chi connectivity index (χ1) is 8.77. The molecule has 0 saturated heterocycles. The van der Waals surface area contributed by atoms with Gasteiger partial charge in [0, 0.05) is 28.9 Å². The van der Waals surface area contributed by atoms with Crippen LogP contribution in [0.2, 0.25) is 0 Å². The van der Waals surface area contributed by atoms with E-state index in [1.54, 1.807) is 19.3 Å². The molecule has 1 N–H and O–H groups in total. The van der Waals surface area contributed by atoms with E-state index in [1.807, 2.05) is 24.3 Å². The molecule has 18 heavy (non-hydrogen) atoms. The molecule has 4 nitrogen and oxygen atoms in total. The highest BCUT2D eigenvalue weighted by Crippen LogP contribution is 2.26. The van der Waals surface area contributed by atoms with Gasteiger partial charge in [-0.3, -0.25) is 9.78 Å². The Labute approximate surface area is 103 Å². The second kappa shape index (κ2) is 4.07. The molecule has 0 unspecified atom stereocenters. The zero-order valence-electron chi connectivity index (χ0n) is 9.84. The Morgan fingerprint density at radius 1 is 1.17 bits per heavy atom. The van der Waals surface area contributed by atoms with Gasteiger partial charge in [0.15, 0.2) is 0 Å². The first-order valence-electron chi connectivity index (χ1n) is 5.65. The third kappa shape index (κ3) is 1.59. The molecule has 0 aliphatic rings. The number of benzene rings is 1. The maximum atomic E-state index is 11.6. The Hall–Kier alpha value is -2.49. The van der Waals surface area contributed by atoms with E-state index in [0.717, 1.165) is 16.3 Å². The van der Waals surface area contributed by atoms with Crippen LogP contribution in [0.25, 0.3) is 22.0 Å². The molecule has 3 rings (SSSR count). The number of rotatable bonds is 1. The van der Waals surface area contributed by atoms with Gasteiger partial charge in [-0.1, -0.05) is 24.3 Å². The van der Waals surface area contributed by atoms with Crippen molar-refractivity contribution in [2.75, 3.05) is 0 Å². The van der Waals surface area contributed by atoms with Gasteiger partial charge < -0.3 is 4.98 Å². The summed E-state index contributed by atoms with van der Waals surface area (Å²) in [5, 5.41) is 2.09. The first-order valence-corrected chi connectivity index (χ1v) is 5.65. The van der Waals surface area contributed by atoms with Crippen LogP contribution >= 0.6 is 0 Å². The Morgan fingerprint density at radius 2 is 2.00 bits per heavy atom. The molecule has 2 aromatic heterocycles. The van der Waals surface area contributed by atoms with Crippen LogP contribution in [0.5, 0.6) is 0 Å². The summed E-state index contributed by atoms with van der Waals surface area (Å²) in [4.78, 5) is 22.7. The lowest BCUT2D eigenvalue weighted by atomic mass is 10.0. The summed E-state index contributed by atoms with van der Waals surface area (Å²) in [6.45, 7) is 1.77. The quantitative estimate of drug-likeness (QED) is 0.706. The maximum absolute atomic E-state index is 11.6. The molecule has 0 atom stereocenters. The largest absolute Gasteiger partial charge is 0.313 e. The van der Waals surface area contributed by atoms with Gasteiger partial charge in [0.1, 0.15) is 0 Å². The predicted octanol–water partition coefficient (Wildman–Crippen LogP) is 2.29. The number of hydrogen-bond donors (Lipinski definition) is 1. The van der Waals surface area contributed by atoms with Crippen LogP contribution in [0.3, 0.4) is 0 Å². The van der Waals surface area contributed by atoms with Crippen LogP contribution in [0.1, 0.15) is 5.56 Å². The van der Waals surface area contributed by atoms with E-state index >= 15 is 0 Å². The van der Waals surface area contributed by atoms with Gasteiger partial charge in [0.2, 0.25) is 0 Å². The molecule has 0 fully saturated rings. The van der Waals surface area contributed by atoms with Gasteiger partial charge in [-0.25, -0.2) is 4.98 Å². The van der Waals surface area contributed by atoms with Crippen LogP contribution in [0, 0.1) is 6.92 Å².